The summed E-state index contributed by atoms with van der Waals surface area (Å²) in [5.74, 6) is 1.65. The Labute approximate surface area is 96.3 Å². The molecular weight excluding hydrogens is 208 g/mol. The summed E-state index contributed by atoms with van der Waals surface area (Å²) >= 11 is 5.93. The Kier molecular flexibility index (Phi) is 3.47. The van der Waals surface area contributed by atoms with Gasteiger partial charge in [-0.15, -0.1) is 11.6 Å². The summed E-state index contributed by atoms with van der Waals surface area (Å²) in [6.07, 6.45) is 5.61. The predicted octanol–water partition coefficient (Wildman–Crippen LogP) is 3.20. The van der Waals surface area contributed by atoms with E-state index in [-0.39, 0.29) is 0 Å². The van der Waals surface area contributed by atoms with Gasteiger partial charge < -0.3 is 4.90 Å². The number of hydrogen-bond acceptors (Lipinski definition) is 2. The molecule has 0 aliphatic carbocycles. The van der Waals surface area contributed by atoms with Crippen LogP contribution in [-0.4, -0.2) is 17.6 Å². The summed E-state index contributed by atoms with van der Waals surface area (Å²) in [6.45, 7) is 3.37. The van der Waals surface area contributed by atoms with Crippen LogP contribution in [0.15, 0.2) is 18.3 Å². The first-order valence-corrected chi connectivity index (χ1v) is 6.16. The molecule has 3 heteroatoms. The minimum atomic E-state index is 0.552. The maximum atomic E-state index is 5.93. The highest BCUT2D eigenvalue weighted by Gasteiger charge is 2.25. The van der Waals surface area contributed by atoms with Gasteiger partial charge >= 0.3 is 0 Å². The van der Waals surface area contributed by atoms with Crippen LogP contribution in [0.4, 0.5) is 5.82 Å². The number of anilines is 1. The van der Waals surface area contributed by atoms with Crippen LogP contribution in [0.25, 0.3) is 0 Å². The molecule has 0 aromatic carbocycles. The molecular formula is C12H17ClN2. The van der Waals surface area contributed by atoms with Crippen LogP contribution in [-0.2, 0) is 5.88 Å². The molecule has 1 saturated heterocycles. The van der Waals surface area contributed by atoms with Crippen molar-refractivity contribution in [2.75, 3.05) is 11.4 Å². The van der Waals surface area contributed by atoms with Gasteiger partial charge in [-0.05, 0) is 25.3 Å². The summed E-state index contributed by atoms with van der Waals surface area (Å²) in [4.78, 5) is 6.89. The third-order valence-corrected chi connectivity index (χ3v) is 3.42. The number of hydrogen-bond donors (Lipinski definition) is 0. The fraction of sp³-hybridized carbons (Fsp3) is 0.583. The summed E-state index contributed by atoms with van der Waals surface area (Å²) in [5.41, 5.74) is 1.15. The summed E-state index contributed by atoms with van der Waals surface area (Å²) in [6, 6.07) is 4.68. The van der Waals surface area contributed by atoms with Crippen molar-refractivity contribution in [3.05, 3.63) is 23.9 Å². The van der Waals surface area contributed by atoms with Gasteiger partial charge in [0.15, 0.2) is 0 Å². The Hall–Kier alpha value is -0.760. The van der Waals surface area contributed by atoms with Crippen LogP contribution in [0, 0.1) is 0 Å². The molecule has 1 aliphatic heterocycles. The van der Waals surface area contributed by atoms with E-state index in [2.05, 4.69) is 22.9 Å². The Morgan fingerprint density at radius 2 is 2.47 bits per heavy atom. The lowest BCUT2D eigenvalue weighted by molar-refractivity contribution is 0.639. The third-order valence-electron chi connectivity index (χ3n) is 3.13. The van der Waals surface area contributed by atoms with E-state index in [0.29, 0.717) is 11.9 Å². The van der Waals surface area contributed by atoms with Crippen molar-refractivity contribution >= 4 is 17.4 Å². The lowest BCUT2D eigenvalue weighted by Gasteiger charge is -2.26. The van der Waals surface area contributed by atoms with E-state index in [1.807, 2.05) is 12.3 Å². The highest BCUT2D eigenvalue weighted by molar-refractivity contribution is 6.17. The van der Waals surface area contributed by atoms with Gasteiger partial charge in [-0.2, -0.15) is 0 Å². The second-order valence-corrected chi connectivity index (χ2v) is 4.28. The average molecular weight is 225 g/mol. The predicted molar refractivity (Wildman–Crippen MR) is 64.5 cm³/mol. The van der Waals surface area contributed by atoms with Gasteiger partial charge in [0, 0.05) is 24.3 Å². The Bertz CT molecular complexity index is 327. The van der Waals surface area contributed by atoms with Gasteiger partial charge in [0.05, 0.1) is 5.88 Å². The van der Waals surface area contributed by atoms with Crippen molar-refractivity contribution in [3.63, 3.8) is 0 Å². The molecule has 1 fully saturated rings. The number of nitrogens with zero attached hydrogens (tertiary/aromatic N) is 2. The van der Waals surface area contributed by atoms with Crippen LogP contribution in [0.1, 0.15) is 31.7 Å². The molecule has 0 bridgehead atoms. The topological polar surface area (TPSA) is 16.1 Å². The first-order valence-electron chi connectivity index (χ1n) is 5.63. The van der Waals surface area contributed by atoms with Crippen molar-refractivity contribution in [1.82, 2.24) is 4.98 Å². The van der Waals surface area contributed by atoms with Crippen LogP contribution in [0.3, 0.4) is 0 Å². The van der Waals surface area contributed by atoms with Crippen molar-refractivity contribution in [2.24, 2.45) is 0 Å². The van der Waals surface area contributed by atoms with E-state index in [4.69, 9.17) is 11.6 Å². The maximum Gasteiger partial charge on any atom is 0.133 e. The second-order valence-electron chi connectivity index (χ2n) is 4.02. The molecule has 1 aromatic heterocycles. The average Bonchev–Trinajstić information content (AvgIpc) is 2.76. The van der Waals surface area contributed by atoms with Crippen molar-refractivity contribution in [2.45, 2.75) is 38.1 Å². The summed E-state index contributed by atoms with van der Waals surface area (Å²) in [7, 11) is 0. The zero-order valence-corrected chi connectivity index (χ0v) is 9.87. The van der Waals surface area contributed by atoms with Crippen molar-refractivity contribution in [1.29, 1.82) is 0 Å². The molecule has 1 aliphatic rings. The SMILES string of the molecule is CCC1CCCN1c1ncccc1CCl. The fourth-order valence-electron chi connectivity index (χ4n) is 2.33. The van der Waals surface area contributed by atoms with Crippen LogP contribution in [0.2, 0.25) is 0 Å². The largest absolute Gasteiger partial charge is 0.353 e. The Morgan fingerprint density at radius 3 is 3.20 bits per heavy atom. The molecule has 2 heterocycles. The highest BCUT2D eigenvalue weighted by atomic mass is 35.5. The van der Waals surface area contributed by atoms with E-state index in [1.165, 1.54) is 19.3 Å². The molecule has 2 nitrogen and oxygen atoms in total. The normalized spacial score (nSPS) is 20.9. The summed E-state index contributed by atoms with van der Waals surface area (Å²) in [5, 5.41) is 0. The first kappa shape index (κ1) is 10.7. The molecule has 1 aromatic rings. The van der Waals surface area contributed by atoms with Gasteiger partial charge in [0.2, 0.25) is 0 Å². The van der Waals surface area contributed by atoms with Gasteiger partial charge in [-0.1, -0.05) is 13.0 Å². The van der Waals surface area contributed by atoms with Gasteiger partial charge in [-0.25, -0.2) is 4.98 Å². The molecule has 15 heavy (non-hydrogen) atoms. The standard InChI is InChI=1S/C12H17ClN2/c1-2-11-6-4-8-15(11)12-10(9-13)5-3-7-14-12/h3,5,7,11H,2,4,6,8-9H2,1H3. The number of rotatable bonds is 3. The molecule has 0 amide bonds. The van der Waals surface area contributed by atoms with E-state index >= 15 is 0 Å². The monoisotopic (exact) mass is 224 g/mol. The smallest absolute Gasteiger partial charge is 0.133 e. The number of halogens is 1. The third kappa shape index (κ3) is 2.10. The molecule has 1 unspecified atom stereocenters. The number of alkyl halides is 1. The number of aromatic nitrogens is 1. The summed E-state index contributed by atoms with van der Waals surface area (Å²) < 4.78 is 0. The molecule has 82 valence electrons. The zero-order valence-electron chi connectivity index (χ0n) is 9.12. The van der Waals surface area contributed by atoms with Crippen molar-refractivity contribution in [3.8, 4) is 0 Å². The van der Waals surface area contributed by atoms with E-state index < -0.39 is 0 Å². The minimum absolute atomic E-state index is 0.552. The Morgan fingerprint density at radius 1 is 1.60 bits per heavy atom. The van der Waals surface area contributed by atoms with Gasteiger partial charge in [0.25, 0.3) is 0 Å². The van der Waals surface area contributed by atoms with Gasteiger partial charge in [-0.3, -0.25) is 0 Å². The minimum Gasteiger partial charge on any atom is -0.353 e. The fourth-order valence-corrected chi connectivity index (χ4v) is 2.54. The maximum absolute atomic E-state index is 5.93. The molecule has 2 rings (SSSR count). The molecule has 0 radical (unpaired) electrons. The highest BCUT2D eigenvalue weighted by Crippen LogP contribution is 2.28. The molecule has 0 saturated carbocycles. The van der Waals surface area contributed by atoms with Crippen LogP contribution >= 0.6 is 11.6 Å². The van der Waals surface area contributed by atoms with Crippen molar-refractivity contribution < 1.29 is 0 Å². The van der Waals surface area contributed by atoms with E-state index in [0.717, 1.165) is 17.9 Å². The molecule has 0 spiro atoms. The van der Waals surface area contributed by atoms with Crippen LogP contribution < -0.4 is 4.90 Å². The molecule has 0 N–H and O–H groups in total. The Balaban J connectivity index is 2.27. The molecule has 1 atom stereocenters. The van der Waals surface area contributed by atoms with Crippen LogP contribution in [0.5, 0.6) is 0 Å². The van der Waals surface area contributed by atoms with E-state index in [9.17, 15) is 0 Å². The second kappa shape index (κ2) is 4.84. The lowest BCUT2D eigenvalue weighted by atomic mass is 10.1. The first-order chi connectivity index (χ1) is 7.36. The number of pyridine rings is 1. The van der Waals surface area contributed by atoms with E-state index in [1.54, 1.807) is 0 Å². The quantitative estimate of drug-likeness (QED) is 0.733. The zero-order chi connectivity index (χ0) is 10.7. The van der Waals surface area contributed by atoms with Gasteiger partial charge in [0.1, 0.15) is 5.82 Å². The lowest BCUT2D eigenvalue weighted by Crippen LogP contribution is -2.30.